The second-order valence-corrected chi connectivity index (χ2v) is 15.5. The molecule has 2 aromatic carbocycles. The van der Waals surface area contributed by atoms with Gasteiger partial charge >= 0.3 is 6.18 Å². The lowest BCUT2D eigenvalue weighted by atomic mass is 9.90. The average molecular weight is 797 g/mol. The first-order chi connectivity index (χ1) is 26.7. The Bertz CT molecular complexity index is 1950. The Kier molecular flexibility index (Phi) is 13.0. The highest BCUT2D eigenvalue weighted by atomic mass is 32.1. The number of carbonyl (C=O) groups excluding carboxylic acids is 2. The molecule has 2 aliphatic heterocycles. The Balaban J connectivity index is 1.19. The van der Waals surface area contributed by atoms with Crippen molar-refractivity contribution in [3.8, 4) is 22.1 Å². The van der Waals surface area contributed by atoms with E-state index in [4.69, 9.17) is 14.5 Å². The summed E-state index contributed by atoms with van der Waals surface area (Å²) in [6.07, 6.45) is -3.19. The van der Waals surface area contributed by atoms with E-state index >= 15 is 0 Å². The third-order valence-electron chi connectivity index (χ3n) is 10.4. The number of β-amino-alcohol motifs (C(OH)–C–C–N with tert-alkyl or cyclic N) is 1. The van der Waals surface area contributed by atoms with Crippen LogP contribution in [0.5, 0.6) is 11.5 Å². The Morgan fingerprint density at radius 3 is 2.59 bits per heavy atom. The van der Waals surface area contributed by atoms with Crippen molar-refractivity contribution in [3.05, 3.63) is 95.3 Å². The molecular weight excluding hydrogens is 750 g/mol. The molecule has 0 saturated carbocycles. The van der Waals surface area contributed by atoms with Crippen LogP contribution in [0.25, 0.3) is 10.6 Å². The molecule has 1 saturated heterocycles. The number of methoxy groups -OCH3 is 1. The maximum atomic E-state index is 14.0. The van der Waals surface area contributed by atoms with Gasteiger partial charge in [-0.05, 0) is 44.4 Å². The molecule has 6 rings (SSSR count). The lowest BCUT2D eigenvalue weighted by Gasteiger charge is -2.47. The number of nitrogens with zero attached hydrogens (tertiary/aromatic N) is 4. The molecule has 2 amide bonds. The number of aliphatic hydroxyl groups is 2. The molecule has 4 N–H and O–H groups in total. The van der Waals surface area contributed by atoms with Gasteiger partial charge in [-0.25, -0.2) is 4.98 Å². The van der Waals surface area contributed by atoms with E-state index in [0.717, 1.165) is 16.8 Å². The van der Waals surface area contributed by atoms with E-state index in [1.54, 1.807) is 48.7 Å². The zero-order valence-corrected chi connectivity index (χ0v) is 32.2. The monoisotopic (exact) mass is 796 g/mol. The highest BCUT2D eigenvalue weighted by molar-refractivity contribution is 7.13. The van der Waals surface area contributed by atoms with Crippen molar-refractivity contribution in [2.45, 2.75) is 62.7 Å². The van der Waals surface area contributed by atoms with Crippen molar-refractivity contribution in [1.29, 1.82) is 0 Å². The van der Waals surface area contributed by atoms with Crippen molar-refractivity contribution in [2.75, 3.05) is 46.4 Å². The van der Waals surface area contributed by atoms with Crippen molar-refractivity contribution in [3.63, 3.8) is 0 Å². The van der Waals surface area contributed by atoms with Crippen LogP contribution in [-0.4, -0.2) is 113 Å². The fourth-order valence-corrected chi connectivity index (χ4v) is 8.21. The van der Waals surface area contributed by atoms with Crippen LogP contribution in [0.1, 0.15) is 43.1 Å². The molecule has 0 radical (unpaired) electrons. The quantitative estimate of drug-likeness (QED) is 0.145. The molecule has 16 heteroatoms. The topological polar surface area (TPSA) is 149 Å². The molecule has 56 heavy (non-hydrogen) atoms. The molecule has 1 fully saturated rings. The summed E-state index contributed by atoms with van der Waals surface area (Å²) in [5.74, 6) is -0.801. The van der Waals surface area contributed by atoms with Gasteiger partial charge in [0.05, 0.1) is 36.7 Å². The molecule has 300 valence electrons. The van der Waals surface area contributed by atoms with Gasteiger partial charge in [-0.3, -0.25) is 24.4 Å². The molecule has 0 spiro atoms. The fraction of sp³-hybridized carbons (Fsp3) is 0.450. The minimum absolute atomic E-state index is 0.00210. The molecule has 0 bridgehead atoms. The Morgan fingerprint density at radius 1 is 1.09 bits per heavy atom. The first-order valence-corrected chi connectivity index (χ1v) is 19.3. The maximum Gasteiger partial charge on any atom is 0.405 e. The van der Waals surface area contributed by atoms with E-state index in [-0.39, 0.29) is 45.0 Å². The summed E-state index contributed by atoms with van der Waals surface area (Å²) < 4.78 is 50.8. The number of alkyl halides is 3. The number of ether oxygens (including phenoxy) is 2. The lowest BCUT2D eigenvalue weighted by Crippen LogP contribution is -2.63. The van der Waals surface area contributed by atoms with Crippen molar-refractivity contribution in [1.82, 2.24) is 30.4 Å². The number of benzene rings is 2. The van der Waals surface area contributed by atoms with Gasteiger partial charge in [0.25, 0.3) is 0 Å². The SMILES string of the molecule is COc1cncc(-c2nc(C(C)(C)N3CCN(C[C@@H](O)C[C@@H](Cc4ccccc4)C(=O)N[C@H]4c5ccccc5OC[C@H]4O)[C@H](C(=O)NCC(F)(F)F)C3)cs2)c1. The number of para-hydroxylation sites is 1. The third-order valence-corrected chi connectivity index (χ3v) is 11.3. The van der Waals surface area contributed by atoms with E-state index in [1.807, 2.05) is 65.8 Å². The summed E-state index contributed by atoms with van der Waals surface area (Å²) in [4.78, 5) is 40.3. The Hall–Kier alpha value is -4.61. The van der Waals surface area contributed by atoms with Crippen LogP contribution in [0.4, 0.5) is 13.2 Å². The molecule has 4 heterocycles. The molecule has 5 atom stereocenters. The maximum absolute atomic E-state index is 14.0. The van der Waals surface area contributed by atoms with E-state index < -0.39 is 54.4 Å². The first-order valence-electron chi connectivity index (χ1n) is 18.4. The number of hydrogen-bond acceptors (Lipinski definition) is 11. The summed E-state index contributed by atoms with van der Waals surface area (Å²) in [6.45, 7) is 3.07. The highest BCUT2D eigenvalue weighted by Gasteiger charge is 2.42. The number of aromatic nitrogens is 2. The number of halogens is 3. The number of piperazine rings is 1. The summed E-state index contributed by atoms with van der Waals surface area (Å²) in [5.41, 5.74) is 2.27. The summed E-state index contributed by atoms with van der Waals surface area (Å²) in [7, 11) is 1.55. The zero-order chi connectivity index (χ0) is 40.0. The zero-order valence-electron chi connectivity index (χ0n) is 31.4. The van der Waals surface area contributed by atoms with Gasteiger partial charge in [-0.2, -0.15) is 13.2 Å². The Labute approximate surface area is 327 Å². The number of nitrogens with one attached hydrogen (secondary N) is 2. The van der Waals surface area contributed by atoms with Crippen LogP contribution in [-0.2, 0) is 21.5 Å². The molecule has 0 aliphatic carbocycles. The van der Waals surface area contributed by atoms with Crippen LogP contribution in [0.15, 0.2) is 78.4 Å². The number of pyridine rings is 1. The summed E-state index contributed by atoms with van der Waals surface area (Å²) >= 11 is 1.42. The van der Waals surface area contributed by atoms with Crippen LogP contribution in [0.3, 0.4) is 0 Å². The van der Waals surface area contributed by atoms with E-state index in [0.29, 0.717) is 28.6 Å². The number of fused-ring (bicyclic) bond motifs is 1. The predicted octanol–water partition coefficient (Wildman–Crippen LogP) is 4.33. The van der Waals surface area contributed by atoms with E-state index in [1.165, 1.54) is 11.3 Å². The van der Waals surface area contributed by atoms with Crippen LogP contribution < -0.4 is 20.1 Å². The normalized spacial score (nSPS) is 20.3. The molecule has 2 aliphatic rings. The van der Waals surface area contributed by atoms with Crippen molar-refractivity contribution in [2.24, 2.45) is 5.92 Å². The van der Waals surface area contributed by atoms with E-state index in [9.17, 15) is 33.0 Å². The van der Waals surface area contributed by atoms with Crippen LogP contribution in [0, 0.1) is 5.92 Å². The molecule has 0 unspecified atom stereocenters. The molecular formula is C40H47F3N6O6S. The van der Waals surface area contributed by atoms with Gasteiger partial charge in [-0.15, -0.1) is 11.3 Å². The van der Waals surface area contributed by atoms with Gasteiger partial charge in [0.1, 0.15) is 41.8 Å². The van der Waals surface area contributed by atoms with Crippen LogP contribution >= 0.6 is 11.3 Å². The number of aliphatic hydroxyl groups excluding tert-OH is 2. The van der Waals surface area contributed by atoms with Gasteiger partial charge in [0, 0.05) is 54.8 Å². The fourth-order valence-electron chi connectivity index (χ4n) is 7.25. The lowest BCUT2D eigenvalue weighted by molar-refractivity contribution is -0.144. The number of carbonyl (C=O) groups is 2. The van der Waals surface area contributed by atoms with Gasteiger partial charge < -0.3 is 30.3 Å². The minimum Gasteiger partial charge on any atom is -0.495 e. The number of rotatable bonds is 14. The Morgan fingerprint density at radius 2 is 1.84 bits per heavy atom. The van der Waals surface area contributed by atoms with Gasteiger partial charge in [0.15, 0.2) is 0 Å². The second kappa shape index (κ2) is 17.7. The van der Waals surface area contributed by atoms with Crippen molar-refractivity contribution >= 4 is 23.2 Å². The van der Waals surface area contributed by atoms with Crippen LogP contribution in [0.2, 0.25) is 0 Å². The largest absolute Gasteiger partial charge is 0.495 e. The molecule has 4 aromatic rings. The standard InChI is InChI=1S/C40H47F3N6O6S/c1-39(2,34-23-56-38(46-34)27-17-29(54-3)19-44-18-27)49-14-13-48(31(21-49)37(53)45-24-40(41,42)43)20-28(50)16-26(15-25-9-5-4-6-10-25)36(52)47-35-30-11-7-8-12-33(30)55-22-32(35)51/h4-12,17-19,23,26,28,31-32,35,50-51H,13-16,20-22,24H2,1-3H3,(H,45,53)(H,47,52)/t26-,28+,31+,32-,35+/m1/s1. The van der Waals surface area contributed by atoms with Crippen molar-refractivity contribution < 1.29 is 42.4 Å². The third kappa shape index (κ3) is 10.0. The molecule has 12 nitrogen and oxygen atoms in total. The predicted molar refractivity (Wildman–Crippen MR) is 204 cm³/mol. The minimum atomic E-state index is -4.61. The van der Waals surface area contributed by atoms with Gasteiger partial charge in [0.2, 0.25) is 11.8 Å². The second-order valence-electron chi connectivity index (χ2n) is 14.7. The highest BCUT2D eigenvalue weighted by Crippen LogP contribution is 2.36. The van der Waals surface area contributed by atoms with E-state index in [2.05, 4.69) is 10.3 Å². The smallest absolute Gasteiger partial charge is 0.405 e. The average Bonchev–Trinajstić information content (AvgIpc) is 3.70. The summed E-state index contributed by atoms with van der Waals surface area (Å²) in [5, 5.41) is 30.1. The number of thiazole rings is 1. The number of amides is 2. The summed E-state index contributed by atoms with van der Waals surface area (Å²) in [6, 6.07) is 16.5. The van der Waals surface area contributed by atoms with Gasteiger partial charge in [-0.1, -0.05) is 48.5 Å². The molecule has 2 aromatic heterocycles. The number of hydrogen-bond donors (Lipinski definition) is 4. The first kappa shape index (κ1) is 41.0.